The molecule has 1 atom stereocenters. The number of carboxylic acid groups (broad SMARTS) is 1. The number of aliphatic carboxylic acids is 1. The van der Waals surface area contributed by atoms with Gasteiger partial charge in [-0.25, -0.2) is 17.2 Å². The van der Waals surface area contributed by atoms with Gasteiger partial charge in [-0.05, 0) is 12.5 Å². The van der Waals surface area contributed by atoms with Gasteiger partial charge >= 0.3 is 5.97 Å². The molecule has 0 radical (unpaired) electrons. The number of alkyl halides is 2. The second kappa shape index (κ2) is 6.27. The highest BCUT2D eigenvalue weighted by Gasteiger charge is 2.27. The maximum atomic E-state index is 12.4. The summed E-state index contributed by atoms with van der Waals surface area (Å²) in [5.74, 6) is -1.70. The van der Waals surface area contributed by atoms with Gasteiger partial charge in [0.2, 0.25) is 10.0 Å². The summed E-state index contributed by atoms with van der Waals surface area (Å²) >= 11 is 0. The van der Waals surface area contributed by atoms with Crippen LogP contribution in [-0.2, 0) is 20.6 Å². The number of likely N-dealkylation sites (N-methyl/N-ethyl adjacent to an activating group) is 1. The van der Waals surface area contributed by atoms with E-state index >= 15 is 0 Å². The smallest absolute Gasteiger partial charge is 0.321 e. The zero-order valence-electron chi connectivity index (χ0n) is 11.0. The summed E-state index contributed by atoms with van der Waals surface area (Å²) in [7, 11) is -2.66. The molecule has 112 valence electrons. The number of nitrogens with zero attached hydrogens (tertiary/aromatic N) is 1. The zero-order valence-corrected chi connectivity index (χ0v) is 11.8. The SMILES string of the molecule is CC(C(=O)O)N(C)S(=O)(=O)Cc1ccc(C(F)F)cc1. The summed E-state index contributed by atoms with van der Waals surface area (Å²) < 4.78 is 49.4. The standard InChI is InChI=1S/C12H15F2NO4S/c1-8(12(16)17)15(2)20(18,19)7-9-3-5-10(6-4-9)11(13)14/h3-6,8,11H,7H2,1-2H3,(H,16,17). The molecule has 0 fully saturated rings. The first-order valence-electron chi connectivity index (χ1n) is 5.70. The van der Waals surface area contributed by atoms with Crippen molar-refractivity contribution in [3.8, 4) is 0 Å². The van der Waals surface area contributed by atoms with Gasteiger partial charge in [-0.3, -0.25) is 4.79 Å². The molecule has 1 aromatic rings. The van der Waals surface area contributed by atoms with Gasteiger partial charge in [0.15, 0.2) is 0 Å². The average molecular weight is 307 g/mol. The normalized spacial score (nSPS) is 13.7. The van der Waals surface area contributed by atoms with Gasteiger partial charge in [-0.15, -0.1) is 0 Å². The van der Waals surface area contributed by atoms with Gasteiger partial charge in [0.05, 0.1) is 5.75 Å². The van der Waals surface area contributed by atoms with Gasteiger partial charge in [-0.1, -0.05) is 24.3 Å². The van der Waals surface area contributed by atoms with Crippen LogP contribution in [0.15, 0.2) is 24.3 Å². The van der Waals surface area contributed by atoms with E-state index in [4.69, 9.17) is 5.11 Å². The summed E-state index contributed by atoms with van der Waals surface area (Å²) in [5.41, 5.74) is 0.122. The predicted octanol–water partition coefficient (Wildman–Crippen LogP) is 1.86. The Morgan fingerprint density at radius 3 is 2.20 bits per heavy atom. The minimum atomic E-state index is -3.83. The van der Waals surface area contributed by atoms with Crippen LogP contribution in [0.1, 0.15) is 24.5 Å². The Morgan fingerprint density at radius 2 is 1.80 bits per heavy atom. The van der Waals surface area contributed by atoms with Crippen molar-refractivity contribution in [1.29, 1.82) is 0 Å². The van der Waals surface area contributed by atoms with Crippen LogP contribution in [0.3, 0.4) is 0 Å². The lowest BCUT2D eigenvalue weighted by atomic mass is 10.2. The molecule has 0 amide bonds. The lowest BCUT2D eigenvalue weighted by Crippen LogP contribution is -2.40. The van der Waals surface area contributed by atoms with Crippen molar-refractivity contribution in [1.82, 2.24) is 4.31 Å². The van der Waals surface area contributed by atoms with E-state index in [-0.39, 0.29) is 5.56 Å². The van der Waals surface area contributed by atoms with Gasteiger partial charge in [0.25, 0.3) is 6.43 Å². The molecule has 5 nitrogen and oxygen atoms in total. The topological polar surface area (TPSA) is 74.7 Å². The molecule has 0 spiro atoms. The Kier molecular flexibility index (Phi) is 5.18. The molecule has 8 heteroatoms. The average Bonchev–Trinajstić information content (AvgIpc) is 2.36. The molecule has 0 aromatic heterocycles. The van der Waals surface area contributed by atoms with E-state index in [1.54, 1.807) is 0 Å². The lowest BCUT2D eigenvalue weighted by Gasteiger charge is -2.21. The minimum Gasteiger partial charge on any atom is -0.480 e. The molecule has 0 bridgehead atoms. The highest BCUT2D eigenvalue weighted by molar-refractivity contribution is 7.88. The number of hydrogen-bond donors (Lipinski definition) is 1. The van der Waals surface area contributed by atoms with E-state index in [2.05, 4.69) is 0 Å². The fourth-order valence-corrected chi connectivity index (χ4v) is 2.86. The second-order valence-corrected chi connectivity index (χ2v) is 6.36. The van der Waals surface area contributed by atoms with Crippen molar-refractivity contribution in [2.75, 3.05) is 7.05 Å². The Morgan fingerprint density at radius 1 is 1.30 bits per heavy atom. The summed E-state index contributed by atoms with van der Waals surface area (Å²) in [6.45, 7) is 1.25. The van der Waals surface area contributed by atoms with Crippen molar-refractivity contribution in [3.63, 3.8) is 0 Å². The minimum absolute atomic E-state index is 0.196. The maximum Gasteiger partial charge on any atom is 0.321 e. The summed E-state index contributed by atoms with van der Waals surface area (Å²) in [5, 5.41) is 8.79. The van der Waals surface area contributed by atoms with E-state index in [0.29, 0.717) is 5.56 Å². The van der Waals surface area contributed by atoms with E-state index in [9.17, 15) is 22.0 Å². The van der Waals surface area contributed by atoms with Crippen LogP contribution in [0.4, 0.5) is 8.78 Å². The number of carboxylic acids is 1. The molecule has 1 N–H and O–H groups in total. The van der Waals surface area contributed by atoms with Crippen LogP contribution in [0.25, 0.3) is 0 Å². The molecule has 0 aliphatic carbocycles. The largest absolute Gasteiger partial charge is 0.480 e. The van der Waals surface area contributed by atoms with Crippen molar-refractivity contribution < 1.29 is 27.1 Å². The molecule has 0 aliphatic rings. The highest BCUT2D eigenvalue weighted by Crippen LogP contribution is 2.20. The molecule has 0 aliphatic heterocycles. The van der Waals surface area contributed by atoms with E-state index in [1.165, 1.54) is 26.1 Å². The van der Waals surface area contributed by atoms with Crippen LogP contribution in [0.5, 0.6) is 0 Å². The van der Waals surface area contributed by atoms with Crippen LogP contribution in [0.2, 0.25) is 0 Å². The fraction of sp³-hybridized carbons (Fsp3) is 0.417. The first kappa shape index (κ1) is 16.5. The Hall–Kier alpha value is -1.54. The van der Waals surface area contributed by atoms with Crippen molar-refractivity contribution in [3.05, 3.63) is 35.4 Å². The number of carbonyl (C=O) groups is 1. The van der Waals surface area contributed by atoms with Crippen LogP contribution >= 0.6 is 0 Å². The first-order chi connectivity index (χ1) is 9.15. The molecule has 0 saturated carbocycles. The summed E-state index contributed by atoms with van der Waals surface area (Å²) in [6.07, 6.45) is -2.62. The number of sulfonamides is 1. The number of benzene rings is 1. The van der Waals surface area contributed by atoms with Gasteiger partial charge in [0.1, 0.15) is 6.04 Å². The zero-order chi connectivity index (χ0) is 15.5. The maximum absolute atomic E-state index is 12.4. The molecule has 1 rings (SSSR count). The van der Waals surface area contributed by atoms with Crippen LogP contribution in [0, 0.1) is 0 Å². The second-order valence-electron chi connectivity index (χ2n) is 4.33. The lowest BCUT2D eigenvalue weighted by molar-refractivity contribution is -0.140. The third-order valence-corrected chi connectivity index (χ3v) is 4.81. The van der Waals surface area contributed by atoms with E-state index in [0.717, 1.165) is 16.4 Å². The Labute approximate surface area is 115 Å². The summed E-state index contributed by atoms with van der Waals surface area (Å²) in [6, 6.07) is 3.68. The van der Waals surface area contributed by atoms with Crippen molar-refractivity contribution in [2.45, 2.75) is 25.1 Å². The first-order valence-corrected chi connectivity index (χ1v) is 7.31. The molecular weight excluding hydrogens is 292 g/mol. The third-order valence-electron chi connectivity index (χ3n) is 2.92. The van der Waals surface area contributed by atoms with Crippen molar-refractivity contribution in [2.24, 2.45) is 0 Å². The highest BCUT2D eigenvalue weighted by atomic mass is 32.2. The molecule has 1 unspecified atom stereocenters. The number of halogens is 2. The van der Waals surface area contributed by atoms with E-state index < -0.39 is 34.2 Å². The molecule has 0 heterocycles. The molecule has 0 saturated heterocycles. The molecule has 1 aromatic carbocycles. The molecule has 20 heavy (non-hydrogen) atoms. The quantitative estimate of drug-likeness (QED) is 0.870. The third kappa shape index (κ3) is 3.97. The Balaban J connectivity index is 2.88. The van der Waals surface area contributed by atoms with Crippen LogP contribution < -0.4 is 0 Å². The predicted molar refractivity (Wildman–Crippen MR) is 68.9 cm³/mol. The van der Waals surface area contributed by atoms with Gasteiger partial charge < -0.3 is 5.11 Å². The fourth-order valence-electron chi connectivity index (χ4n) is 1.47. The number of hydrogen-bond acceptors (Lipinski definition) is 3. The number of rotatable bonds is 6. The van der Waals surface area contributed by atoms with Crippen molar-refractivity contribution >= 4 is 16.0 Å². The monoisotopic (exact) mass is 307 g/mol. The van der Waals surface area contributed by atoms with Crippen LogP contribution in [-0.4, -0.2) is 36.9 Å². The van der Waals surface area contributed by atoms with Gasteiger partial charge in [-0.2, -0.15) is 4.31 Å². The molecular formula is C12H15F2NO4S. The Bertz CT molecular complexity index is 572. The summed E-state index contributed by atoms with van der Waals surface area (Å²) in [4.78, 5) is 10.8. The van der Waals surface area contributed by atoms with E-state index in [1.807, 2.05) is 0 Å². The van der Waals surface area contributed by atoms with Gasteiger partial charge in [0, 0.05) is 12.6 Å².